The van der Waals surface area contributed by atoms with Gasteiger partial charge in [0.25, 0.3) is 0 Å². The molecule has 2 N–H and O–H groups in total. The molecule has 1 spiro atoms. The van der Waals surface area contributed by atoms with Crippen LogP contribution in [0.2, 0.25) is 0 Å². The van der Waals surface area contributed by atoms with Crippen LogP contribution < -0.4 is 15.5 Å². The number of anilines is 2. The van der Waals surface area contributed by atoms with Crippen LogP contribution >= 0.6 is 0 Å². The van der Waals surface area contributed by atoms with E-state index in [4.69, 9.17) is 4.74 Å². The monoisotopic (exact) mass is 417 g/mol. The lowest BCUT2D eigenvalue weighted by Crippen LogP contribution is -2.43. The van der Waals surface area contributed by atoms with Gasteiger partial charge in [0.1, 0.15) is 5.60 Å². The van der Waals surface area contributed by atoms with Crippen molar-refractivity contribution in [2.75, 3.05) is 16.8 Å². The van der Waals surface area contributed by atoms with Gasteiger partial charge in [-0.25, -0.2) is 0 Å². The van der Waals surface area contributed by atoms with Gasteiger partial charge >= 0.3 is 0 Å². The van der Waals surface area contributed by atoms with Crippen molar-refractivity contribution in [1.82, 2.24) is 5.32 Å². The second-order valence-electron chi connectivity index (χ2n) is 8.26. The third-order valence-electron chi connectivity index (χ3n) is 6.21. The van der Waals surface area contributed by atoms with Gasteiger partial charge < -0.3 is 20.3 Å². The summed E-state index contributed by atoms with van der Waals surface area (Å²) < 4.78 is 6.18. The lowest BCUT2D eigenvalue weighted by molar-refractivity contribution is -0.132. The maximum absolute atomic E-state index is 13.4. The van der Waals surface area contributed by atoms with Crippen molar-refractivity contribution >= 4 is 29.1 Å². The highest BCUT2D eigenvalue weighted by atomic mass is 16.5. The molecule has 3 heterocycles. The van der Waals surface area contributed by atoms with E-state index in [2.05, 4.69) is 10.6 Å². The molecule has 4 atom stereocenters. The lowest BCUT2D eigenvalue weighted by Gasteiger charge is -2.23. The molecule has 2 saturated heterocycles. The predicted octanol–water partition coefficient (Wildman–Crippen LogP) is 2.25. The standard InChI is InChI=1S/C24H23N3O4/c1-15(28)26-17-7-9-18(10-8-17)27-14-24-12-11-19(31-24)20(21(24)23(27)30)22(29)25-13-16-5-3-2-4-6-16/h2-12,19-21H,13-14H2,1H3,(H,25,29)(H,26,28)/t19-,20?,21-,24+/m1/s1. The Morgan fingerprint density at radius 1 is 1.13 bits per heavy atom. The first-order valence-electron chi connectivity index (χ1n) is 10.3. The van der Waals surface area contributed by atoms with Crippen LogP contribution in [0.15, 0.2) is 66.7 Å². The quantitative estimate of drug-likeness (QED) is 0.731. The van der Waals surface area contributed by atoms with Crippen LogP contribution in [0.5, 0.6) is 0 Å². The molecule has 3 amide bonds. The Hall–Kier alpha value is -3.45. The molecule has 1 unspecified atom stereocenters. The van der Waals surface area contributed by atoms with Gasteiger partial charge in [0, 0.05) is 24.8 Å². The van der Waals surface area contributed by atoms with E-state index in [1.807, 2.05) is 42.5 Å². The van der Waals surface area contributed by atoms with Crippen LogP contribution in [0.4, 0.5) is 11.4 Å². The summed E-state index contributed by atoms with van der Waals surface area (Å²) in [6.45, 7) is 2.22. The fourth-order valence-corrected chi connectivity index (χ4v) is 4.85. The van der Waals surface area contributed by atoms with Crippen LogP contribution in [0.25, 0.3) is 0 Å². The second kappa shape index (κ2) is 7.35. The summed E-state index contributed by atoms with van der Waals surface area (Å²) in [6, 6.07) is 16.8. The number of hydrogen-bond acceptors (Lipinski definition) is 4. The summed E-state index contributed by atoms with van der Waals surface area (Å²) in [4.78, 5) is 39.3. The minimum atomic E-state index is -0.771. The van der Waals surface area contributed by atoms with E-state index >= 15 is 0 Å². The molecule has 0 saturated carbocycles. The number of carbonyl (C=O) groups is 3. The molecule has 0 aliphatic carbocycles. The van der Waals surface area contributed by atoms with Gasteiger partial charge in [-0.05, 0) is 29.8 Å². The Balaban J connectivity index is 1.34. The van der Waals surface area contributed by atoms with E-state index in [9.17, 15) is 14.4 Å². The smallest absolute Gasteiger partial charge is 0.234 e. The predicted molar refractivity (Wildman–Crippen MR) is 115 cm³/mol. The molecule has 0 radical (unpaired) electrons. The number of amides is 3. The van der Waals surface area contributed by atoms with Crippen molar-refractivity contribution in [1.29, 1.82) is 0 Å². The molecule has 5 rings (SSSR count). The van der Waals surface area contributed by atoms with Crippen LogP contribution in [0.3, 0.4) is 0 Å². The van der Waals surface area contributed by atoms with Crippen molar-refractivity contribution in [3.05, 3.63) is 72.3 Å². The molecule has 3 aliphatic rings. The second-order valence-corrected chi connectivity index (χ2v) is 8.26. The van der Waals surface area contributed by atoms with Crippen molar-refractivity contribution in [3.63, 3.8) is 0 Å². The van der Waals surface area contributed by atoms with Gasteiger partial charge in [0.2, 0.25) is 17.7 Å². The molecule has 2 aromatic carbocycles. The van der Waals surface area contributed by atoms with Crippen LogP contribution in [0.1, 0.15) is 12.5 Å². The van der Waals surface area contributed by atoms with Gasteiger partial charge in [-0.1, -0.05) is 42.5 Å². The van der Waals surface area contributed by atoms with Crippen LogP contribution in [0, 0.1) is 11.8 Å². The van der Waals surface area contributed by atoms with E-state index in [0.29, 0.717) is 24.5 Å². The fraction of sp³-hybridized carbons (Fsp3) is 0.292. The number of ether oxygens (including phenoxy) is 1. The normalized spacial score (nSPS) is 28.0. The van der Waals surface area contributed by atoms with Crippen molar-refractivity contribution in [3.8, 4) is 0 Å². The Morgan fingerprint density at radius 2 is 1.87 bits per heavy atom. The minimum Gasteiger partial charge on any atom is -0.360 e. The van der Waals surface area contributed by atoms with Gasteiger partial charge in [-0.15, -0.1) is 0 Å². The maximum atomic E-state index is 13.4. The van der Waals surface area contributed by atoms with Gasteiger partial charge in [0.05, 0.1) is 24.5 Å². The molecule has 158 valence electrons. The molecule has 31 heavy (non-hydrogen) atoms. The first-order valence-corrected chi connectivity index (χ1v) is 10.3. The lowest BCUT2D eigenvalue weighted by atomic mass is 9.77. The highest BCUT2D eigenvalue weighted by Crippen LogP contribution is 2.52. The molecular formula is C24H23N3O4. The number of nitrogens with zero attached hydrogens (tertiary/aromatic N) is 1. The van der Waals surface area contributed by atoms with Crippen molar-refractivity contribution in [2.24, 2.45) is 11.8 Å². The molecule has 0 aromatic heterocycles. The van der Waals surface area contributed by atoms with E-state index < -0.39 is 17.4 Å². The fourth-order valence-electron chi connectivity index (χ4n) is 4.85. The van der Waals surface area contributed by atoms with Gasteiger partial charge in [-0.2, -0.15) is 0 Å². The zero-order valence-corrected chi connectivity index (χ0v) is 17.1. The first-order chi connectivity index (χ1) is 15.0. The zero-order chi connectivity index (χ0) is 21.6. The number of nitrogens with one attached hydrogen (secondary N) is 2. The molecule has 7 heteroatoms. The first kappa shape index (κ1) is 19.5. The van der Waals surface area contributed by atoms with Crippen molar-refractivity contribution in [2.45, 2.75) is 25.2 Å². The molecule has 2 bridgehead atoms. The number of benzene rings is 2. The number of carbonyl (C=O) groups excluding carboxylic acids is 3. The number of rotatable bonds is 5. The average Bonchev–Trinajstić information content (AvgIpc) is 3.41. The topological polar surface area (TPSA) is 87.7 Å². The van der Waals surface area contributed by atoms with Crippen molar-refractivity contribution < 1.29 is 19.1 Å². The summed E-state index contributed by atoms with van der Waals surface area (Å²) in [7, 11) is 0. The summed E-state index contributed by atoms with van der Waals surface area (Å²) in [5, 5.41) is 5.69. The van der Waals surface area contributed by atoms with Gasteiger partial charge in [-0.3, -0.25) is 14.4 Å². The Bertz CT molecular complexity index is 1070. The molecule has 2 fully saturated rings. The highest BCUT2D eigenvalue weighted by Gasteiger charge is 2.67. The summed E-state index contributed by atoms with van der Waals surface area (Å²) in [5.41, 5.74) is 1.61. The Morgan fingerprint density at radius 3 is 2.58 bits per heavy atom. The van der Waals surface area contributed by atoms with Crippen LogP contribution in [-0.4, -0.2) is 36.0 Å². The molecule has 3 aliphatic heterocycles. The SMILES string of the molecule is CC(=O)Nc1ccc(N2C[C@]34C=C[C@@H](O3)C(C(=O)NCc3ccccc3)[C@@H]4C2=O)cc1. The zero-order valence-electron chi connectivity index (χ0n) is 17.1. The minimum absolute atomic E-state index is 0.112. The van der Waals surface area contributed by atoms with Gasteiger partial charge in [0.15, 0.2) is 0 Å². The third-order valence-corrected chi connectivity index (χ3v) is 6.21. The van der Waals surface area contributed by atoms with E-state index in [0.717, 1.165) is 5.56 Å². The summed E-state index contributed by atoms with van der Waals surface area (Å²) in [6.07, 6.45) is 3.46. The maximum Gasteiger partial charge on any atom is 0.234 e. The summed E-state index contributed by atoms with van der Waals surface area (Å²) >= 11 is 0. The number of fused-ring (bicyclic) bond motifs is 1. The third kappa shape index (κ3) is 3.31. The molecule has 2 aromatic rings. The molecular weight excluding hydrogens is 394 g/mol. The van der Waals surface area contributed by atoms with E-state index in [1.54, 1.807) is 29.2 Å². The van der Waals surface area contributed by atoms with E-state index in [-0.39, 0.29) is 23.8 Å². The number of hydrogen-bond donors (Lipinski definition) is 2. The Labute approximate surface area is 180 Å². The van der Waals surface area contributed by atoms with E-state index in [1.165, 1.54) is 6.92 Å². The molecule has 7 nitrogen and oxygen atoms in total. The average molecular weight is 417 g/mol. The summed E-state index contributed by atoms with van der Waals surface area (Å²) in [5.74, 6) is -1.53. The largest absolute Gasteiger partial charge is 0.360 e. The Kier molecular flexibility index (Phi) is 4.63. The highest BCUT2D eigenvalue weighted by molar-refractivity contribution is 6.03. The van der Waals surface area contributed by atoms with Crippen LogP contribution in [-0.2, 0) is 25.7 Å².